The summed E-state index contributed by atoms with van der Waals surface area (Å²) >= 11 is 0. The quantitative estimate of drug-likeness (QED) is 0.621. The maximum atomic E-state index is 11.3. The molecule has 0 bridgehead atoms. The predicted molar refractivity (Wildman–Crippen MR) is 57.4 cm³/mol. The van der Waals surface area contributed by atoms with Crippen molar-refractivity contribution in [3.05, 3.63) is 0 Å². The van der Waals surface area contributed by atoms with E-state index in [1.165, 1.54) is 0 Å². The summed E-state index contributed by atoms with van der Waals surface area (Å²) < 4.78 is 4.52. The molecule has 1 saturated carbocycles. The Labute approximate surface area is 98.5 Å². The summed E-state index contributed by atoms with van der Waals surface area (Å²) in [4.78, 5) is 33.1. The Morgan fingerprint density at radius 3 is 2.41 bits per heavy atom. The maximum absolute atomic E-state index is 11.3. The monoisotopic (exact) mass is 244 g/mol. The Morgan fingerprint density at radius 2 is 2.00 bits per heavy atom. The minimum Gasteiger partial charge on any atom is -0.480 e. The van der Waals surface area contributed by atoms with E-state index in [0.29, 0.717) is 12.8 Å². The van der Waals surface area contributed by atoms with E-state index in [1.54, 1.807) is 6.92 Å². The van der Waals surface area contributed by atoms with Gasteiger partial charge in [-0.3, -0.25) is 20.2 Å². The summed E-state index contributed by atoms with van der Waals surface area (Å²) in [5.41, 5.74) is -1.01. The molecule has 1 aliphatic carbocycles. The average molecular weight is 244 g/mol. The van der Waals surface area contributed by atoms with Gasteiger partial charge in [-0.1, -0.05) is 0 Å². The van der Waals surface area contributed by atoms with E-state index >= 15 is 0 Å². The molecule has 1 fully saturated rings. The van der Waals surface area contributed by atoms with E-state index in [4.69, 9.17) is 5.11 Å². The van der Waals surface area contributed by atoms with Crippen LogP contribution in [-0.2, 0) is 14.3 Å². The Bertz CT molecular complexity index is 325. The van der Waals surface area contributed by atoms with Crippen molar-refractivity contribution in [3.63, 3.8) is 0 Å². The van der Waals surface area contributed by atoms with Gasteiger partial charge in [-0.25, -0.2) is 4.79 Å². The van der Waals surface area contributed by atoms with Gasteiger partial charge in [0.15, 0.2) is 0 Å². The van der Waals surface area contributed by atoms with Crippen molar-refractivity contribution in [1.29, 1.82) is 0 Å². The number of imide groups is 1. The summed E-state index contributed by atoms with van der Waals surface area (Å²) in [7, 11) is 0. The van der Waals surface area contributed by atoms with E-state index in [2.05, 4.69) is 10.1 Å². The Balaban J connectivity index is 2.32. The van der Waals surface area contributed by atoms with Crippen LogP contribution in [0.5, 0.6) is 0 Å². The topological polar surface area (TPSA) is 105 Å². The van der Waals surface area contributed by atoms with Crippen LogP contribution >= 0.6 is 0 Å². The van der Waals surface area contributed by atoms with E-state index < -0.39 is 23.5 Å². The largest absolute Gasteiger partial charge is 0.480 e. The van der Waals surface area contributed by atoms with Crippen LogP contribution in [-0.4, -0.2) is 41.8 Å². The molecule has 0 aromatic carbocycles. The molecule has 0 heterocycles. The number of rotatable bonds is 5. The van der Waals surface area contributed by atoms with E-state index in [-0.39, 0.29) is 13.2 Å². The first kappa shape index (κ1) is 13.4. The minimum absolute atomic E-state index is 0.172. The second kappa shape index (κ2) is 5.62. The molecule has 0 aliphatic heterocycles. The van der Waals surface area contributed by atoms with E-state index in [1.807, 2.05) is 5.32 Å². The number of alkyl carbamates (subject to hydrolysis) is 1. The van der Waals surface area contributed by atoms with Gasteiger partial charge in [0.05, 0.1) is 13.2 Å². The third-order valence-electron chi connectivity index (χ3n) is 2.72. The van der Waals surface area contributed by atoms with Crippen LogP contribution < -0.4 is 10.6 Å². The molecule has 7 heteroatoms. The lowest BCUT2D eigenvalue weighted by Crippen LogP contribution is -2.59. The number of carboxylic acid groups (broad SMARTS) is 1. The van der Waals surface area contributed by atoms with Crippen LogP contribution in [0.2, 0.25) is 0 Å². The highest BCUT2D eigenvalue weighted by Crippen LogP contribution is 2.31. The lowest BCUT2D eigenvalue weighted by Gasteiger charge is -2.38. The fourth-order valence-electron chi connectivity index (χ4n) is 1.57. The van der Waals surface area contributed by atoms with Crippen LogP contribution in [0.1, 0.15) is 26.2 Å². The number of amides is 2. The molecule has 17 heavy (non-hydrogen) atoms. The molecule has 0 aromatic heterocycles. The number of nitrogens with one attached hydrogen (secondary N) is 2. The fraction of sp³-hybridized carbons (Fsp3) is 0.700. The number of carbonyl (C=O) groups excluding carboxylic acids is 2. The van der Waals surface area contributed by atoms with Gasteiger partial charge < -0.3 is 9.84 Å². The highest BCUT2D eigenvalue weighted by molar-refractivity contribution is 5.93. The number of carboxylic acids is 1. The summed E-state index contributed by atoms with van der Waals surface area (Å²) in [5, 5.41) is 13.6. The van der Waals surface area contributed by atoms with Crippen LogP contribution in [0.3, 0.4) is 0 Å². The zero-order valence-corrected chi connectivity index (χ0v) is 9.62. The molecule has 7 nitrogen and oxygen atoms in total. The summed E-state index contributed by atoms with van der Waals surface area (Å²) in [6.45, 7) is 1.58. The van der Waals surface area contributed by atoms with Crippen molar-refractivity contribution >= 4 is 18.0 Å². The molecule has 3 N–H and O–H groups in total. The molecular weight excluding hydrogens is 228 g/mol. The first-order valence-electron chi connectivity index (χ1n) is 5.45. The number of aliphatic carboxylic acids is 1. The first-order valence-corrected chi connectivity index (χ1v) is 5.45. The minimum atomic E-state index is -1.01. The summed E-state index contributed by atoms with van der Waals surface area (Å²) in [5.74, 6) is -1.57. The van der Waals surface area contributed by atoms with Gasteiger partial charge in [0.2, 0.25) is 5.91 Å². The molecule has 1 aliphatic rings. The molecule has 0 unspecified atom stereocenters. The number of carbonyl (C=O) groups is 3. The molecule has 0 atom stereocenters. The zero-order valence-electron chi connectivity index (χ0n) is 9.62. The van der Waals surface area contributed by atoms with Crippen molar-refractivity contribution < 1.29 is 24.2 Å². The van der Waals surface area contributed by atoms with Crippen molar-refractivity contribution in [2.24, 2.45) is 0 Å². The number of ether oxygens (including phenoxy) is 1. The van der Waals surface area contributed by atoms with Gasteiger partial charge in [-0.05, 0) is 26.2 Å². The molecule has 0 spiro atoms. The van der Waals surface area contributed by atoms with Crippen LogP contribution in [0.15, 0.2) is 0 Å². The normalized spacial score (nSPS) is 16.8. The highest BCUT2D eigenvalue weighted by atomic mass is 16.5. The van der Waals surface area contributed by atoms with Gasteiger partial charge >= 0.3 is 12.1 Å². The van der Waals surface area contributed by atoms with Crippen molar-refractivity contribution in [2.45, 2.75) is 31.7 Å². The predicted octanol–water partition coefficient (Wildman–Crippen LogP) is -0.144. The molecule has 0 radical (unpaired) electrons. The highest BCUT2D eigenvalue weighted by Gasteiger charge is 2.44. The standard InChI is InChI=1S/C10H16N2O5/c1-2-17-9(16)12-7(13)6-11-10(8(14)15)4-3-5-10/h11H,2-6H2,1H3,(H,14,15)(H,12,13,16). The van der Waals surface area contributed by atoms with Gasteiger partial charge in [-0.15, -0.1) is 0 Å². The third kappa shape index (κ3) is 3.42. The molecule has 0 aromatic rings. The fourth-order valence-corrected chi connectivity index (χ4v) is 1.57. The second-order valence-electron chi connectivity index (χ2n) is 3.86. The van der Waals surface area contributed by atoms with Gasteiger partial charge in [0, 0.05) is 0 Å². The molecule has 0 saturated heterocycles. The molecule has 96 valence electrons. The second-order valence-corrected chi connectivity index (χ2v) is 3.86. The third-order valence-corrected chi connectivity index (χ3v) is 2.72. The summed E-state index contributed by atoms with van der Waals surface area (Å²) in [6, 6.07) is 0. The van der Waals surface area contributed by atoms with Crippen LogP contribution in [0, 0.1) is 0 Å². The van der Waals surface area contributed by atoms with Gasteiger partial charge in [0.1, 0.15) is 5.54 Å². The van der Waals surface area contributed by atoms with Crippen molar-refractivity contribution in [2.75, 3.05) is 13.2 Å². The van der Waals surface area contributed by atoms with E-state index in [9.17, 15) is 14.4 Å². The average Bonchev–Trinajstić information content (AvgIpc) is 2.15. The zero-order chi connectivity index (χ0) is 12.9. The van der Waals surface area contributed by atoms with Crippen molar-refractivity contribution in [1.82, 2.24) is 10.6 Å². The first-order chi connectivity index (χ1) is 8.00. The Hall–Kier alpha value is -1.63. The van der Waals surface area contributed by atoms with Gasteiger partial charge in [0.25, 0.3) is 0 Å². The lowest BCUT2D eigenvalue weighted by molar-refractivity contribution is -0.148. The summed E-state index contributed by atoms with van der Waals surface area (Å²) in [6.07, 6.45) is 0.986. The van der Waals surface area contributed by atoms with E-state index in [0.717, 1.165) is 6.42 Å². The Morgan fingerprint density at radius 1 is 1.35 bits per heavy atom. The SMILES string of the molecule is CCOC(=O)NC(=O)CNC1(C(=O)O)CCC1. The lowest BCUT2D eigenvalue weighted by atomic mass is 9.77. The van der Waals surface area contributed by atoms with Crippen LogP contribution in [0.4, 0.5) is 4.79 Å². The van der Waals surface area contributed by atoms with Crippen molar-refractivity contribution in [3.8, 4) is 0 Å². The maximum Gasteiger partial charge on any atom is 0.413 e. The molecule has 1 rings (SSSR count). The number of hydrogen-bond acceptors (Lipinski definition) is 5. The number of hydrogen-bond donors (Lipinski definition) is 3. The van der Waals surface area contributed by atoms with Crippen LogP contribution in [0.25, 0.3) is 0 Å². The smallest absolute Gasteiger partial charge is 0.413 e. The molecular formula is C10H16N2O5. The van der Waals surface area contributed by atoms with Gasteiger partial charge in [-0.2, -0.15) is 0 Å². The Kier molecular flexibility index (Phi) is 4.45. The molecule has 2 amide bonds.